The van der Waals surface area contributed by atoms with Gasteiger partial charge in [-0.05, 0) is 42.5 Å². The highest BCUT2D eigenvalue weighted by Gasteiger charge is 2.30. The third kappa shape index (κ3) is 4.03. The van der Waals surface area contributed by atoms with E-state index >= 15 is 0 Å². The molecule has 27 heavy (non-hydrogen) atoms. The van der Waals surface area contributed by atoms with Crippen LogP contribution in [-0.2, 0) is 22.4 Å². The molecule has 0 spiro atoms. The number of piperazine rings is 1. The molecule has 0 radical (unpaired) electrons. The Morgan fingerprint density at radius 2 is 1.52 bits per heavy atom. The number of nitrogens with zero attached hydrogens (tertiary/aromatic N) is 2. The average Bonchev–Trinajstić information content (AvgIpc) is 2.73. The maximum absolute atomic E-state index is 12.4. The Labute approximate surface area is 160 Å². The van der Waals surface area contributed by atoms with Gasteiger partial charge in [0, 0.05) is 37.9 Å². The summed E-state index contributed by atoms with van der Waals surface area (Å²) in [7, 11) is 0. The molecule has 1 unspecified atom stereocenters. The quantitative estimate of drug-likeness (QED) is 0.833. The number of para-hydroxylation sites is 1. The second kappa shape index (κ2) is 7.92. The molecule has 0 aromatic heterocycles. The first kappa shape index (κ1) is 17.7. The largest absolute Gasteiger partial charge is 0.332 e. The maximum Gasteiger partial charge on any atom is 0.313 e. The predicted octanol–water partition coefficient (Wildman–Crippen LogP) is 2.33. The summed E-state index contributed by atoms with van der Waals surface area (Å²) in [6.45, 7) is 2.88. The fourth-order valence-corrected chi connectivity index (χ4v) is 4.13. The topological polar surface area (TPSA) is 52.7 Å². The molecule has 2 aliphatic rings. The van der Waals surface area contributed by atoms with Crippen LogP contribution >= 0.6 is 0 Å². The summed E-state index contributed by atoms with van der Waals surface area (Å²) in [5.41, 5.74) is 3.57. The van der Waals surface area contributed by atoms with Crippen molar-refractivity contribution in [2.24, 2.45) is 0 Å². The lowest BCUT2D eigenvalue weighted by atomic mass is 9.87. The number of carbonyl (C=O) groups excluding carboxylic acids is 2. The van der Waals surface area contributed by atoms with Crippen molar-refractivity contribution in [3.05, 3.63) is 65.7 Å². The molecule has 5 heteroatoms. The van der Waals surface area contributed by atoms with E-state index in [2.05, 4.69) is 34.5 Å². The van der Waals surface area contributed by atoms with E-state index in [4.69, 9.17) is 0 Å². The molecule has 2 amide bonds. The zero-order valence-corrected chi connectivity index (χ0v) is 15.4. The molecule has 0 bridgehead atoms. The number of carbonyl (C=O) groups is 2. The Morgan fingerprint density at radius 1 is 0.852 bits per heavy atom. The van der Waals surface area contributed by atoms with Gasteiger partial charge in [0.1, 0.15) is 0 Å². The highest BCUT2D eigenvalue weighted by molar-refractivity contribution is 6.39. The normalized spacial score (nSPS) is 20.0. The molecule has 0 saturated carbocycles. The number of rotatable bonds is 2. The van der Waals surface area contributed by atoms with Gasteiger partial charge in [-0.25, -0.2) is 0 Å². The lowest BCUT2D eigenvalue weighted by Crippen LogP contribution is -2.54. The van der Waals surface area contributed by atoms with Crippen LogP contribution in [0, 0.1) is 0 Å². The Morgan fingerprint density at radius 3 is 2.26 bits per heavy atom. The number of aryl methyl sites for hydroxylation is 1. The molecule has 1 atom stereocenters. The molecule has 1 saturated heterocycles. The van der Waals surface area contributed by atoms with Crippen molar-refractivity contribution in [1.82, 2.24) is 9.80 Å². The SMILES string of the molecule is O=C(Nc1ccccc1)C(=O)N1CCN(C2CCc3ccccc3C2)CC1. The van der Waals surface area contributed by atoms with Crippen molar-refractivity contribution in [2.75, 3.05) is 31.5 Å². The molecule has 4 rings (SSSR count). The molecule has 5 nitrogen and oxygen atoms in total. The maximum atomic E-state index is 12.4. The van der Waals surface area contributed by atoms with Gasteiger partial charge in [0.25, 0.3) is 0 Å². The first-order chi connectivity index (χ1) is 13.2. The van der Waals surface area contributed by atoms with Crippen LogP contribution in [0.15, 0.2) is 54.6 Å². The summed E-state index contributed by atoms with van der Waals surface area (Å²) in [5.74, 6) is -0.992. The number of hydrogen-bond donors (Lipinski definition) is 1. The summed E-state index contributed by atoms with van der Waals surface area (Å²) >= 11 is 0. The first-order valence-corrected chi connectivity index (χ1v) is 9.67. The van der Waals surface area contributed by atoms with Gasteiger partial charge in [-0.3, -0.25) is 14.5 Å². The Balaban J connectivity index is 1.30. The van der Waals surface area contributed by atoms with Gasteiger partial charge in [0.2, 0.25) is 0 Å². The van der Waals surface area contributed by atoms with Crippen LogP contribution in [0.1, 0.15) is 17.5 Å². The molecular weight excluding hydrogens is 338 g/mol. The highest BCUT2D eigenvalue weighted by Crippen LogP contribution is 2.25. The van der Waals surface area contributed by atoms with Crippen molar-refractivity contribution in [2.45, 2.75) is 25.3 Å². The lowest BCUT2D eigenvalue weighted by molar-refractivity contribution is -0.144. The molecule has 2 aromatic rings. The van der Waals surface area contributed by atoms with Gasteiger partial charge in [-0.2, -0.15) is 0 Å². The number of hydrogen-bond acceptors (Lipinski definition) is 3. The van der Waals surface area contributed by atoms with E-state index < -0.39 is 11.8 Å². The first-order valence-electron chi connectivity index (χ1n) is 9.67. The van der Waals surface area contributed by atoms with E-state index in [1.165, 1.54) is 17.5 Å². The predicted molar refractivity (Wildman–Crippen MR) is 105 cm³/mol. The van der Waals surface area contributed by atoms with Gasteiger partial charge in [0.05, 0.1) is 0 Å². The number of fused-ring (bicyclic) bond motifs is 1. The third-order valence-corrected chi connectivity index (χ3v) is 5.66. The molecule has 1 aliphatic heterocycles. The van der Waals surface area contributed by atoms with E-state index in [-0.39, 0.29) is 0 Å². The summed E-state index contributed by atoms with van der Waals surface area (Å²) in [6, 6.07) is 18.3. The Bertz CT molecular complexity index is 813. The van der Waals surface area contributed by atoms with E-state index in [9.17, 15) is 9.59 Å². The summed E-state index contributed by atoms with van der Waals surface area (Å²) < 4.78 is 0. The van der Waals surface area contributed by atoms with Crippen molar-refractivity contribution < 1.29 is 9.59 Å². The zero-order chi connectivity index (χ0) is 18.6. The van der Waals surface area contributed by atoms with E-state index in [1.807, 2.05) is 18.2 Å². The third-order valence-electron chi connectivity index (χ3n) is 5.66. The minimum Gasteiger partial charge on any atom is -0.332 e. The van der Waals surface area contributed by atoms with Crippen LogP contribution in [0.5, 0.6) is 0 Å². The molecule has 1 fully saturated rings. The van der Waals surface area contributed by atoms with Crippen LogP contribution in [0.2, 0.25) is 0 Å². The van der Waals surface area contributed by atoms with Gasteiger partial charge >= 0.3 is 11.8 Å². The molecule has 1 heterocycles. The van der Waals surface area contributed by atoms with Crippen LogP contribution in [0.4, 0.5) is 5.69 Å². The summed E-state index contributed by atoms with van der Waals surface area (Å²) in [6.07, 6.45) is 3.37. The number of benzene rings is 2. The second-order valence-electron chi connectivity index (χ2n) is 7.31. The van der Waals surface area contributed by atoms with E-state index in [1.54, 1.807) is 17.0 Å². The summed E-state index contributed by atoms with van der Waals surface area (Å²) in [5, 5.41) is 2.68. The van der Waals surface area contributed by atoms with E-state index in [0.29, 0.717) is 24.8 Å². The smallest absolute Gasteiger partial charge is 0.313 e. The average molecular weight is 363 g/mol. The molecule has 1 aliphatic carbocycles. The second-order valence-corrected chi connectivity index (χ2v) is 7.31. The van der Waals surface area contributed by atoms with Gasteiger partial charge in [0.15, 0.2) is 0 Å². The molecule has 2 aromatic carbocycles. The van der Waals surface area contributed by atoms with Crippen LogP contribution in [0.3, 0.4) is 0 Å². The van der Waals surface area contributed by atoms with Gasteiger partial charge in [-0.1, -0.05) is 42.5 Å². The fraction of sp³-hybridized carbons (Fsp3) is 0.364. The van der Waals surface area contributed by atoms with Gasteiger partial charge in [-0.15, -0.1) is 0 Å². The molecule has 140 valence electrons. The minimum absolute atomic E-state index is 0.438. The fourth-order valence-electron chi connectivity index (χ4n) is 4.13. The standard InChI is InChI=1S/C22H25N3O2/c26-21(23-19-8-2-1-3-9-19)22(27)25-14-12-24(13-15-25)20-11-10-17-6-4-5-7-18(17)16-20/h1-9,20H,10-16H2,(H,23,26). The Kier molecular flexibility index (Phi) is 5.21. The van der Waals surface area contributed by atoms with Crippen LogP contribution in [0.25, 0.3) is 0 Å². The zero-order valence-electron chi connectivity index (χ0n) is 15.4. The minimum atomic E-state index is -0.554. The van der Waals surface area contributed by atoms with Crippen molar-refractivity contribution in [1.29, 1.82) is 0 Å². The van der Waals surface area contributed by atoms with Crippen molar-refractivity contribution >= 4 is 17.5 Å². The van der Waals surface area contributed by atoms with Crippen LogP contribution in [-0.4, -0.2) is 53.8 Å². The van der Waals surface area contributed by atoms with Crippen molar-refractivity contribution in [3.63, 3.8) is 0 Å². The number of anilines is 1. The van der Waals surface area contributed by atoms with Gasteiger partial charge < -0.3 is 10.2 Å². The van der Waals surface area contributed by atoms with E-state index in [0.717, 1.165) is 25.9 Å². The van der Waals surface area contributed by atoms with Crippen molar-refractivity contribution in [3.8, 4) is 0 Å². The summed E-state index contributed by atoms with van der Waals surface area (Å²) in [4.78, 5) is 28.8. The lowest BCUT2D eigenvalue weighted by Gasteiger charge is -2.40. The number of amides is 2. The monoisotopic (exact) mass is 363 g/mol. The number of nitrogens with one attached hydrogen (secondary N) is 1. The highest BCUT2D eigenvalue weighted by atomic mass is 16.2. The van der Waals surface area contributed by atoms with Crippen LogP contribution < -0.4 is 5.32 Å². The molecule has 1 N–H and O–H groups in total. The Hall–Kier alpha value is -2.66. The molecular formula is C22H25N3O2.